The van der Waals surface area contributed by atoms with E-state index in [0.717, 1.165) is 5.56 Å². The Hall–Kier alpha value is -2.37. The Kier molecular flexibility index (Phi) is 5.14. The van der Waals surface area contributed by atoms with Crippen molar-refractivity contribution in [2.45, 2.75) is 0 Å². The van der Waals surface area contributed by atoms with E-state index >= 15 is 0 Å². The lowest BCUT2D eigenvalue weighted by molar-refractivity contribution is -0.384. The Morgan fingerprint density at radius 2 is 1.86 bits per heavy atom. The number of hydrogen-bond donors (Lipinski definition) is 1. The third-order valence-corrected chi connectivity index (χ3v) is 3.31. The molecule has 22 heavy (non-hydrogen) atoms. The number of amides is 1. The van der Waals surface area contributed by atoms with Gasteiger partial charge in [0.2, 0.25) is 0 Å². The Morgan fingerprint density at radius 3 is 2.50 bits per heavy atom. The summed E-state index contributed by atoms with van der Waals surface area (Å²) in [5.74, 6) is -0.567. The monoisotopic (exact) mass is 336 g/mol. The maximum atomic E-state index is 12.0. The Bertz CT molecular complexity index is 746. The van der Waals surface area contributed by atoms with Crippen LogP contribution in [-0.4, -0.2) is 10.8 Å². The molecule has 0 saturated carbocycles. The zero-order valence-corrected chi connectivity index (χ0v) is 12.6. The first kappa shape index (κ1) is 16.0. The van der Waals surface area contributed by atoms with Gasteiger partial charge in [-0.25, -0.2) is 0 Å². The Morgan fingerprint density at radius 1 is 1.18 bits per heavy atom. The van der Waals surface area contributed by atoms with E-state index in [1.807, 2.05) is 18.2 Å². The van der Waals surface area contributed by atoms with Crippen LogP contribution >= 0.6 is 23.2 Å². The Labute approximate surface area is 136 Å². The zero-order valence-electron chi connectivity index (χ0n) is 11.1. The third kappa shape index (κ3) is 4.07. The van der Waals surface area contributed by atoms with Gasteiger partial charge in [-0.3, -0.25) is 14.9 Å². The van der Waals surface area contributed by atoms with Crippen LogP contribution in [0.1, 0.15) is 5.56 Å². The number of halogens is 2. The molecule has 0 aliphatic rings. The maximum absolute atomic E-state index is 12.0. The molecule has 0 heterocycles. The molecule has 2 aromatic rings. The van der Waals surface area contributed by atoms with E-state index in [1.54, 1.807) is 12.1 Å². The summed E-state index contributed by atoms with van der Waals surface area (Å²) >= 11 is 11.6. The first-order valence-corrected chi connectivity index (χ1v) is 6.90. The lowest BCUT2D eigenvalue weighted by Gasteiger charge is -2.05. The third-order valence-electron chi connectivity index (χ3n) is 2.71. The fraction of sp³-hybridized carbons (Fsp3) is 0. The molecule has 0 radical (unpaired) electrons. The summed E-state index contributed by atoms with van der Waals surface area (Å²) in [6, 6.07) is 13.0. The first-order valence-electron chi connectivity index (χ1n) is 6.15. The van der Waals surface area contributed by atoms with Gasteiger partial charge in [-0.2, -0.15) is 0 Å². The summed E-state index contributed by atoms with van der Waals surface area (Å²) in [7, 11) is 0. The number of benzene rings is 2. The predicted octanol–water partition coefficient (Wildman–Crippen LogP) is 4.47. The highest BCUT2D eigenvalue weighted by molar-refractivity contribution is 6.45. The van der Waals surface area contributed by atoms with Gasteiger partial charge >= 0.3 is 0 Å². The number of nitro benzene ring substituents is 1. The van der Waals surface area contributed by atoms with Gasteiger partial charge in [0.15, 0.2) is 0 Å². The molecule has 0 atom stereocenters. The maximum Gasteiger partial charge on any atom is 0.289 e. The second-order valence-corrected chi connectivity index (χ2v) is 5.09. The number of rotatable bonds is 4. The summed E-state index contributed by atoms with van der Waals surface area (Å²) in [5.41, 5.74) is 0.716. The van der Waals surface area contributed by atoms with E-state index in [-0.39, 0.29) is 21.4 Å². The van der Waals surface area contributed by atoms with E-state index in [0.29, 0.717) is 0 Å². The SMILES string of the molecule is O=C(Nc1ccc(Cl)c([N+](=O)[O-])c1)C(Cl)=Cc1ccccc1. The molecule has 0 bridgehead atoms. The second-order valence-electron chi connectivity index (χ2n) is 4.28. The zero-order chi connectivity index (χ0) is 16.1. The van der Waals surface area contributed by atoms with Crippen LogP contribution in [0.5, 0.6) is 0 Å². The molecular weight excluding hydrogens is 327 g/mol. The molecule has 0 aliphatic carbocycles. The van der Waals surface area contributed by atoms with Gasteiger partial charge in [-0.05, 0) is 23.8 Å². The molecule has 0 aromatic heterocycles. The molecule has 5 nitrogen and oxygen atoms in total. The van der Waals surface area contributed by atoms with Crippen molar-refractivity contribution in [1.29, 1.82) is 0 Å². The summed E-state index contributed by atoms with van der Waals surface area (Å²) in [4.78, 5) is 22.1. The molecule has 1 N–H and O–H groups in total. The first-order chi connectivity index (χ1) is 10.5. The minimum atomic E-state index is -0.626. The van der Waals surface area contributed by atoms with Gasteiger partial charge in [0.25, 0.3) is 11.6 Å². The molecule has 1 amide bonds. The predicted molar refractivity (Wildman–Crippen MR) is 87.0 cm³/mol. The van der Waals surface area contributed by atoms with Crippen molar-refractivity contribution in [1.82, 2.24) is 0 Å². The molecule has 0 aliphatic heterocycles. The van der Waals surface area contributed by atoms with Crippen LogP contribution in [-0.2, 0) is 4.79 Å². The van der Waals surface area contributed by atoms with E-state index in [9.17, 15) is 14.9 Å². The largest absolute Gasteiger partial charge is 0.321 e. The van der Waals surface area contributed by atoms with Crippen LogP contribution in [0, 0.1) is 10.1 Å². The molecule has 7 heteroatoms. The minimum absolute atomic E-state index is 0.00563. The molecule has 0 unspecified atom stereocenters. The number of carbonyl (C=O) groups excluding carboxylic acids is 1. The summed E-state index contributed by atoms with van der Waals surface area (Å²) in [6.07, 6.45) is 1.50. The van der Waals surface area contributed by atoms with Crippen molar-refractivity contribution >= 4 is 46.6 Å². The van der Waals surface area contributed by atoms with Crippen molar-refractivity contribution in [2.24, 2.45) is 0 Å². The van der Waals surface area contributed by atoms with Crippen molar-refractivity contribution < 1.29 is 9.72 Å². The van der Waals surface area contributed by atoms with Crippen LogP contribution in [0.25, 0.3) is 6.08 Å². The molecule has 0 spiro atoms. The topological polar surface area (TPSA) is 72.2 Å². The summed E-state index contributed by atoms with van der Waals surface area (Å²) in [6.45, 7) is 0. The molecule has 0 fully saturated rings. The highest BCUT2D eigenvalue weighted by Gasteiger charge is 2.14. The van der Waals surface area contributed by atoms with Crippen LogP contribution in [0.2, 0.25) is 5.02 Å². The average molecular weight is 337 g/mol. The highest BCUT2D eigenvalue weighted by atomic mass is 35.5. The molecular formula is C15H10Cl2N2O3. The normalized spacial score (nSPS) is 11.1. The standard InChI is InChI=1S/C15H10Cl2N2O3/c16-12-7-6-11(9-14(12)19(21)22)18-15(20)13(17)8-10-4-2-1-3-5-10/h1-9H,(H,18,20). The fourth-order valence-electron chi connectivity index (χ4n) is 1.68. The van der Waals surface area contributed by atoms with Gasteiger partial charge in [0, 0.05) is 11.8 Å². The highest BCUT2D eigenvalue weighted by Crippen LogP contribution is 2.27. The van der Waals surface area contributed by atoms with Crippen molar-refractivity contribution in [2.75, 3.05) is 5.32 Å². The summed E-state index contributed by atoms with van der Waals surface area (Å²) in [5, 5.41) is 13.2. The number of anilines is 1. The van der Waals surface area contributed by atoms with E-state index < -0.39 is 10.8 Å². The van der Waals surface area contributed by atoms with E-state index in [4.69, 9.17) is 23.2 Å². The lowest BCUT2D eigenvalue weighted by atomic mass is 10.2. The van der Waals surface area contributed by atoms with Crippen molar-refractivity contribution in [3.8, 4) is 0 Å². The van der Waals surface area contributed by atoms with Gasteiger partial charge in [0.1, 0.15) is 10.1 Å². The number of nitrogens with zero attached hydrogens (tertiary/aromatic N) is 1. The Balaban J connectivity index is 2.17. The average Bonchev–Trinajstić information content (AvgIpc) is 2.49. The summed E-state index contributed by atoms with van der Waals surface area (Å²) < 4.78 is 0. The van der Waals surface area contributed by atoms with E-state index in [2.05, 4.69) is 5.32 Å². The quantitative estimate of drug-likeness (QED) is 0.508. The van der Waals surface area contributed by atoms with Crippen LogP contribution in [0.3, 0.4) is 0 Å². The second kappa shape index (κ2) is 7.06. The fourth-order valence-corrected chi connectivity index (χ4v) is 2.04. The van der Waals surface area contributed by atoms with Gasteiger partial charge in [0.05, 0.1) is 4.92 Å². The number of nitro groups is 1. The molecule has 112 valence electrons. The smallest absolute Gasteiger partial charge is 0.289 e. The molecule has 0 saturated heterocycles. The number of carbonyl (C=O) groups is 1. The number of hydrogen-bond acceptors (Lipinski definition) is 3. The van der Waals surface area contributed by atoms with Gasteiger partial charge < -0.3 is 5.32 Å². The van der Waals surface area contributed by atoms with Crippen LogP contribution in [0.15, 0.2) is 53.6 Å². The lowest BCUT2D eigenvalue weighted by Crippen LogP contribution is -2.11. The molecule has 2 rings (SSSR count). The van der Waals surface area contributed by atoms with Crippen molar-refractivity contribution in [3.63, 3.8) is 0 Å². The number of nitrogens with one attached hydrogen (secondary N) is 1. The van der Waals surface area contributed by atoms with Gasteiger partial charge in [-0.15, -0.1) is 0 Å². The van der Waals surface area contributed by atoms with Crippen LogP contribution < -0.4 is 5.32 Å². The molecule has 2 aromatic carbocycles. The minimum Gasteiger partial charge on any atom is -0.321 e. The van der Waals surface area contributed by atoms with E-state index in [1.165, 1.54) is 24.3 Å². The van der Waals surface area contributed by atoms with Crippen molar-refractivity contribution in [3.05, 3.63) is 74.3 Å². The van der Waals surface area contributed by atoms with Crippen LogP contribution in [0.4, 0.5) is 11.4 Å². The van der Waals surface area contributed by atoms with Gasteiger partial charge in [-0.1, -0.05) is 53.5 Å².